The van der Waals surface area contributed by atoms with Crippen molar-refractivity contribution in [3.8, 4) is 11.4 Å². The van der Waals surface area contributed by atoms with Crippen LogP contribution in [0.5, 0.6) is 0 Å². The van der Waals surface area contributed by atoms with Gasteiger partial charge in [-0.2, -0.15) is 5.10 Å². The highest BCUT2D eigenvalue weighted by molar-refractivity contribution is 7.71. The number of aryl methyl sites for hydroxylation is 1. The largest absolute Gasteiger partial charge is 0.326 e. The molecule has 2 aromatic carbocycles. The first-order chi connectivity index (χ1) is 13.5. The number of aromatic nitrogens is 3. The molecule has 1 atom stereocenters. The molecule has 2 N–H and O–H groups in total. The van der Waals surface area contributed by atoms with Crippen LogP contribution in [0.2, 0.25) is 0 Å². The number of rotatable bonds is 7. The van der Waals surface area contributed by atoms with Gasteiger partial charge in [0.05, 0.1) is 0 Å². The van der Waals surface area contributed by atoms with Crippen molar-refractivity contribution < 1.29 is 4.79 Å². The second-order valence-corrected chi connectivity index (χ2v) is 7.49. The van der Waals surface area contributed by atoms with Crippen LogP contribution in [0.25, 0.3) is 11.4 Å². The highest BCUT2D eigenvalue weighted by atomic mass is 32.1. The fourth-order valence-electron chi connectivity index (χ4n) is 3.10. The maximum atomic E-state index is 12.4. The van der Waals surface area contributed by atoms with Crippen molar-refractivity contribution >= 4 is 23.8 Å². The molecule has 0 unspecified atom stereocenters. The number of benzene rings is 2. The summed E-state index contributed by atoms with van der Waals surface area (Å²) in [6.07, 6.45) is 1.42. The molecule has 146 valence electrons. The number of aromatic amines is 1. The normalized spacial score (nSPS) is 12.0. The lowest BCUT2D eigenvalue weighted by atomic mass is 9.99. The van der Waals surface area contributed by atoms with Crippen LogP contribution in [0.4, 0.5) is 5.69 Å². The summed E-state index contributed by atoms with van der Waals surface area (Å²) >= 11 is 5.35. The smallest absolute Gasteiger partial charge is 0.226 e. The molecule has 1 heterocycles. The van der Waals surface area contributed by atoms with E-state index in [1.54, 1.807) is 0 Å². The Morgan fingerprint density at radius 2 is 2.00 bits per heavy atom. The molecule has 6 heteroatoms. The number of carbonyl (C=O) groups excluding carboxylic acids is 1. The number of nitrogens with zero attached hydrogens (tertiary/aromatic N) is 2. The third kappa shape index (κ3) is 4.75. The summed E-state index contributed by atoms with van der Waals surface area (Å²) in [5, 5.41) is 10.1. The van der Waals surface area contributed by atoms with Crippen molar-refractivity contribution in [2.75, 3.05) is 5.32 Å². The Kier molecular flexibility index (Phi) is 6.41. The quantitative estimate of drug-likeness (QED) is 0.523. The number of amides is 1. The van der Waals surface area contributed by atoms with Crippen molar-refractivity contribution in [1.29, 1.82) is 0 Å². The first-order valence-electron chi connectivity index (χ1n) is 9.60. The molecule has 0 aliphatic rings. The Balaban J connectivity index is 1.65. The van der Waals surface area contributed by atoms with Gasteiger partial charge in [0.15, 0.2) is 10.6 Å². The molecular formula is C22H26N4OS. The molecule has 1 amide bonds. The molecule has 3 rings (SSSR count). The van der Waals surface area contributed by atoms with Crippen LogP contribution in [0.15, 0.2) is 48.5 Å². The zero-order valence-electron chi connectivity index (χ0n) is 16.5. The first kappa shape index (κ1) is 20.0. The van der Waals surface area contributed by atoms with Crippen LogP contribution in [0, 0.1) is 11.7 Å². The molecule has 0 fully saturated rings. The first-order valence-corrected chi connectivity index (χ1v) is 10.0. The molecule has 0 aliphatic carbocycles. The summed E-state index contributed by atoms with van der Waals surface area (Å²) in [7, 11) is 0. The fraction of sp³-hybridized carbons (Fsp3) is 0.318. The van der Waals surface area contributed by atoms with E-state index in [9.17, 15) is 4.79 Å². The molecular weight excluding hydrogens is 368 g/mol. The molecule has 0 radical (unpaired) electrons. The van der Waals surface area contributed by atoms with Crippen molar-refractivity contribution in [2.24, 2.45) is 0 Å². The Labute approximate surface area is 170 Å². The number of anilines is 1. The average molecular weight is 395 g/mol. The summed E-state index contributed by atoms with van der Waals surface area (Å²) in [5.41, 5.74) is 4.23. The van der Waals surface area contributed by atoms with E-state index in [-0.39, 0.29) is 5.91 Å². The van der Waals surface area contributed by atoms with Gasteiger partial charge in [0.2, 0.25) is 5.91 Å². The van der Waals surface area contributed by atoms with E-state index in [0.29, 0.717) is 23.7 Å². The zero-order chi connectivity index (χ0) is 20.1. The van der Waals surface area contributed by atoms with Gasteiger partial charge >= 0.3 is 0 Å². The van der Waals surface area contributed by atoms with Crippen molar-refractivity contribution in [3.05, 3.63) is 64.4 Å². The highest BCUT2D eigenvalue weighted by Gasteiger charge is 2.11. The van der Waals surface area contributed by atoms with E-state index < -0.39 is 0 Å². The minimum atomic E-state index is -0.0467. The van der Waals surface area contributed by atoms with Gasteiger partial charge < -0.3 is 5.32 Å². The van der Waals surface area contributed by atoms with Gasteiger partial charge in [0.25, 0.3) is 0 Å². The standard InChI is InChI=1S/C22H26N4OS/c1-4-16(3)17-8-10-19(11-9-17)23-20(27)12-13-26-21(24-25-22(26)28)18-7-5-6-15(2)14-18/h5-11,14,16H,4,12-13H2,1-3H3,(H,23,27)(H,25,28)/t16-/m0/s1. The van der Waals surface area contributed by atoms with Gasteiger partial charge in [-0.25, -0.2) is 0 Å². The average Bonchev–Trinajstić information content (AvgIpc) is 3.07. The lowest BCUT2D eigenvalue weighted by molar-refractivity contribution is -0.116. The number of hydrogen-bond donors (Lipinski definition) is 2. The minimum absolute atomic E-state index is 0.0467. The summed E-state index contributed by atoms with van der Waals surface area (Å²) in [6.45, 7) is 6.88. The lowest BCUT2D eigenvalue weighted by Gasteiger charge is -2.11. The van der Waals surface area contributed by atoms with E-state index in [0.717, 1.165) is 29.1 Å². The second-order valence-electron chi connectivity index (χ2n) is 7.10. The second kappa shape index (κ2) is 8.97. The summed E-state index contributed by atoms with van der Waals surface area (Å²) in [4.78, 5) is 12.4. The topological polar surface area (TPSA) is 62.7 Å². The lowest BCUT2D eigenvalue weighted by Crippen LogP contribution is -2.15. The molecule has 0 spiro atoms. The number of nitrogens with one attached hydrogen (secondary N) is 2. The molecule has 0 bridgehead atoms. The Bertz CT molecular complexity index is 1000. The number of H-pyrrole nitrogens is 1. The summed E-state index contributed by atoms with van der Waals surface area (Å²) in [6, 6.07) is 16.1. The molecule has 28 heavy (non-hydrogen) atoms. The zero-order valence-corrected chi connectivity index (χ0v) is 17.3. The predicted molar refractivity (Wildman–Crippen MR) is 116 cm³/mol. The molecule has 0 aliphatic heterocycles. The van der Waals surface area contributed by atoms with E-state index in [2.05, 4.69) is 47.6 Å². The third-order valence-electron chi connectivity index (χ3n) is 4.97. The minimum Gasteiger partial charge on any atom is -0.326 e. The summed E-state index contributed by atoms with van der Waals surface area (Å²) in [5.74, 6) is 1.22. The van der Waals surface area contributed by atoms with Crippen molar-refractivity contribution in [3.63, 3.8) is 0 Å². The predicted octanol–water partition coefficient (Wildman–Crippen LogP) is 5.46. The van der Waals surface area contributed by atoms with Crippen LogP contribution < -0.4 is 5.32 Å². The van der Waals surface area contributed by atoms with Crippen LogP contribution in [0.3, 0.4) is 0 Å². The number of hydrogen-bond acceptors (Lipinski definition) is 3. The van der Waals surface area contributed by atoms with Crippen molar-refractivity contribution in [1.82, 2.24) is 14.8 Å². The number of carbonyl (C=O) groups is 1. The van der Waals surface area contributed by atoms with Gasteiger partial charge in [0.1, 0.15) is 0 Å². The maximum Gasteiger partial charge on any atom is 0.226 e. The van der Waals surface area contributed by atoms with Gasteiger partial charge in [-0.15, -0.1) is 0 Å². The highest BCUT2D eigenvalue weighted by Crippen LogP contribution is 2.21. The van der Waals surface area contributed by atoms with Crippen LogP contribution in [0.1, 0.15) is 43.7 Å². The van der Waals surface area contributed by atoms with Crippen LogP contribution in [-0.2, 0) is 11.3 Å². The maximum absolute atomic E-state index is 12.4. The van der Waals surface area contributed by atoms with E-state index in [1.807, 2.05) is 41.8 Å². The Hall–Kier alpha value is -2.73. The van der Waals surface area contributed by atoms with Crippen LogP contribution >= 0.6 is 12.2 Å². The van der Waals surface area contributed by atoms with Gasteiger partial charge in [-0.1, -0.05) is 49.7 Å². The molecule has 1 aromatic heterocycles. The van der Waals surface area contributed by atoms with E-state index in [4.69, 9.17) is 12.2 Å². The van der Waals surface area contributed by atoms with Gasteiger partial charge in [-0.3, -0.25) is 14.5 Å². The fourth-order valence-corrected chi connectivity index (χ4v) is 3.32. The molecule has 5 nitrogen and oxygen atoms in total. The van der Waals surface area contributed by atoms with E-state index >= 15 is 0 Å². The van der Waals surface area contributed by atoms with Gasteiger partial charge in [0, 0.05) is 24.2 Å². The Morgan fingerprint density at radius 1 is 1.25 bits per heavy atom. The molecule has 0 saturated heterocycles. The van der Waals surface area contributed by atoms with Gasteiger partial charge in [-0.05, 0) is 55.2 Å². The summed E-state index contributed by atoms with van der Waals surface area (Å²) < 4.78 is 2.39. The monoisotopic (exact) mass is 394 g/mol. The SMILES string of the molecule is CC[C@H](C)c1ccc(NC(=O)CCn2c(-c3cccc(C)c3)n[nH]c2=S)cc1. The van der Waals surface area contributed by atoms with E-state index in [1.165, 1.54) is 5.56 Å². The van der Waals surface area contributed by atoms with Crippen LogP contribution in [-0.4, -0.2) is 20.7 Å². The van der Waals surface area contributed by atoms with Crippen molar-refractivity contribution in [2.45, 2.75) is 46.1 Å². The third-order valence-corrected chi connectivity index (χ3v) is 5.28. The Morgan fingerprint density at radius 3 is 2.68 bits per heavy atom. The molecule has 0 saturated carbocycles. The molecule has 3 aromatic rings.